The summed E-state index contributed by atoms with van der Waals surface area (Å²) in [6.07, 6.45) is 3.73. The topological polar surface area (TPSA) is 37.8 Å². The molecule has 4 heteroatoms. The van der Waals surface area contributed by atoms with Crippen LogP contribution in [-0.2, 0) is 19.4 Å². The lowest BCUT2D eigenvalue weighted by Gasteiger charge is -2.03. The van der Waals surface area contributed by atoms with Crippen molar-refractivity contribution in [2.45, 2.75) is 45.7 Å². The van der Waals surface area contributed by atoms with Gasteiger partial charge in [-0.1, -0.05) is 37.3 Å². The van der Waals surface area contributed by atoms with Crippen LogP contribution in [0.25, 0.3) is 10.6 Å². The molecule has 0 bridgehead atoms. The molecule has 1 aliphatic carbocycles. The molecule has 1 aromatic carbocycles. The highest BCUT2D eigenvalue weighted by molar-refractivity contribution is 7.14. The maximum absolute atomic E-state index is 4.32. The van der Waals surface area contributed by atoms with E-state index in [1.54, 1.807) is 11.3 Å². The van der Waals surface area contributed by atoms with Gasteiger partial charge in [0.25, 0.3) is 0 Å². The van der Waals surface area contributed by atoms with Crippen LogP contribution >= 0.6 is 11.3 Å². The molecule has 1 N–H and O–H groups in total. The first-order chi connectivity index (χ1) is 9.22. The Balaban J connectivity index is 1.79. The molecule has 3 rings (SSSR count). The molecule has 100 valence electrons. The number of hydrogen-bond donors (Lipinski definition) is 1. The lowest BCUT2D eigenvalue weighted by Crippen LogP contribution is -2.21. The average Bonchev–Trinajstić information content (AvgIpc) is 3.04. The Labute approximate surface area is 118 Å². The maximum Gasteiger partial charge on any atom is 0.147 e. The van der Waals surface area contributed by atoms with E-state index < -0.39 is 0 Å². The van der Waals surface area contributed by atoms with Crippen molar-refractivity contribution in [3.05, 3.63) is 34.3 Å². The van der Waals surface area contributed by atoms with Gasteiger partial charge < -0.3 is 5.32 Å². The standard InChI is InChI=1S/C15H19N3S/c1-10(2)16-9-14-17-18-15(19-14)13-7-6-11-4-3-5-12(11)8-13/h6-8,10,16H,3-5,9H2,1-2H3. The summed E-state index contributed by atoms with van der Waals surface area (Å²) in [6.45, 7) is 5.09. The Kier molecular flexibility index (Phi) is 3.62. The van der Waals surface area contributed by atoms with E-state index in [1.807, 2.05) is 0 Å². The minimum atomic E-state index is 0.479. The van der Waals surface area contributed by atoms with Crippen molar-refractivity contribution >= 4 is 11.3 Å². The van der Waals surface area contributed by atoms with Gasteiger partial charge in [-0.15, -0.1) is 10.2 Å². The molecule has 2 aromatic rings. The van der Waals surface area contributed by atoms with E-state index in [2.05, 4.69) is 47.6 Å². The lowest BCUT2D eigenvalue weighted by atomic mass is 10.1. The Bertz CT molecular complexity index is 575. The number of aryl methyl sites for hydroxylation is 2. The van der Waals surface area contributed by atoms with E-state index in [9.17, 15) is 0 Å². The van der Waals surface area contributed by atoms with Gasteiger partial charge in [-0.2, -0.15) is 0 Å². The van der Waals surface area contributed by atoms with Crippen molar-refractivity contribution in [2.24, 2.45) is 0 Å². The molecule has 1 aromatic heterocycles. The third kappa shape index (κ3) is 2.85. The van der Waals surface area contributed by atoms with Gasteiger partial charge >= 0.3 is 0 Å². The van der Waals surface area contributed by atoms with Crippen LogP contribution < -0.4 is 5.32 Å². The van der Waals surface area contributed by atoms with Crippen LogP contribution in [0.1, 0.15) is 36.4 Å². The van der Waals surface area contributed by atoms with Crippen LogP contribution in [0.4, 0.5) is 0 Å². The van der Waals surface area contributed by atoms with Gasteiger partial charge in [-0.05, 0) is 36.5 Å². The quantitative estimate of drug-likeness (QED) is 0.929. The molecule has 0 radical (unpaired) electrons. The summed E-state index contributed by atoms with van der Waals surface area (Å²) >= 11 is 1.69. The Morgan fingerprint density at radius 2 is 2.05 bits per heavy atom. The second-order valence-electron chi connectivity index (χ2n) is 5.37. The molecule has 3 nitrogen and oxygen atoms in total. The van der Waals surface area contributed by atoms with Crippen molar-refractivity contribution in [1.29, 1.82) is 0 Å². The molecule has 0 atom stereocenters. The summed E-state index contributed by atoms with van der Waals surface area (Å²) in [5.41, 5.74) is 4.22. The minimum Gasteiger partial charge on any atom is -0.308 e. The highest BCUT2D eigenvalue weighted by Gasteiger charge is 2.13. The van der Waals surface area contributed by atoms with Crippen LogP contribution in [0, 0.1) is 0 Å². The predicted octanol–water partition coefficient (Wildman–Crippen LogP) is 3.19. The van der Waals surface area contributed by atoms with Crippen LogP contribution in [0.3, 0.4) is 0 Å². The van der Waals surface area contributed by atoms with Crippen molar-refractivity contribution in [1.82, 2.24) is 15.5 Å². The summed E-state index contributed by atoms with van der Waals surface area (Å²) in [5, 5.41) is 14.1. The molecule has 19 heavy (non-hydrogen) atoms. The maximum atomic E-state index is 4.32. The number of fused-ring (bicyclic) bond motifs is 1. The van der Waals surface area contributed by atoms with Crippen molar-refractivity contribution in [3.8, 4) is 10.6 Å². The third-order valence-electron chi connectivity index (χ3n) is 3.47. The molecule has 0 amide bonds. The first-order valence-corrected chi connectivity index (χ1v) is 7.72. The monoisotopic (exact) mass is 273 g/mol. The fourth-order valence-electron chi connectivity index (χ4n) is 2.44. The van der Waals surface area contributed by atoms with Crippen LogP contribution in [0.15, 0.2) is 18.2 Å². The van der Waals surface area contributed by atoms with E-state index in [4.69, 9.17) is 0 Å². The van der Waals surface area contributed by atoms with Crippen molar-refractivity contribution in [3.63, 3.8) is 0 Å². The highest BCUT2D eigenvalue weighted by Crippen LogP contribution is 2.29. The SMILES string of the molecule is CC(C)NCc1nnc(-c2ccc3c(c2)CCC3)s1. The Hall–Kier alpha value is -1.26. The fourth-order valence-corrected chi connectivity index (χ4v) is 3.22. The third-order valence-corrected chi connectivity index (χ3v) is 4.45. The fraction of sp³-hybridized carbons (Fsp3) is 0.467. The van der Waals surface area contributed by atoms with Gasteiger partial charge in [-0.25, -0.2) is 0 Å². The van der Waals surface area contributed by atoms with E-state index in [0.29, 0.717) is 6.04 Å². The van der Waals surface area contributed by atoms with Gasteiger partial charge in [0.05, 0.1) is 0 Å². The largest absolute Gasteiger partial charge is 0.308 e. The average molecular weight is 273 g/mol. The summed E-state index contributed by atoms with van der Waals surface area (Å²) in [4.78, 5) is 0. The van der Waals surface area contributed by atoms with E-state index >= 15 is 0 Å². The van der Waals surface area contributed by atoms with Gasteiger partial charge in [0.1, 0.15) is 10.0 Å². The molecule has 0 fully saturated rings. The summed E-state index contributed by atoms with van der Waals surface area (Å²) in [6, 6.07) is 7.21. The number of hydrogen-bond acceptors (Lipinski definition) is 4. The zero-order valence-electron chi connectivity index (χ0n) is 11.4. The molecule has 1 heterocycles. The zero-order chi connectivity index (χ0) is 13.2. The summed E-state index contributed by atoms with van der Waals surface area (Å²) in [5.74, 6) is 0. The molecule has 1 aliphatic rings. The Morgan fingerprint density at radius 1 is 1.21 bits per heavy atom. The molecule has 0 aliphatic heterocycles. The molecule has 0 saturated heterocycles. The molecule has 0 saturated carbocycles. The number of nitrogens with one attached hydrogen (secondary N) is 1. The molecule has 0 spiro atoms. The van der Waals surface area contributed by atoms with Crippen LogP contribution in [0.2, 0.25) is 0 Å². The predicted molar refractivity (Wildman–Crippen MR) is 79.3 cm³/mol. The van der Waals surface area contributed by atoms with E-state index in [1.165, 1.54) is 36.0 Å². The molecule has 0 unspecified atom stereocenters. The van der Waals surface area contributed by atoms with Gasteiger partial charge in [0, 0.05) is 18.2 Å². The van der Waals surface area contributed by atoms with Crippen molar-refractivity contribution < 1.29 is 0 Å². The first kappa shape index (κ1) is 12.8. The smallest absolute Gasteiger partial charge is 0.147 e. The van der Waals surface area contributed by atoms with E-state index in [-0.39, 0.29) is 0 Å². The van der Waals surface area contributed by atoms with Gasteiger partial charge in [0.15, 0.2) is 0 Å². The summed E-state index contributed by atoms with van der Waals surface area (Å²) in [7, 11) is 0. The number of nitrogens with zero attached hydrogens (tertiary/aromatic N) is 2. The van der Waals surface area contributed by atoms with Gasteiger partial charge in [-0.3, -0.25) is 0 Å². The minimum absolute atomic E-state index is 0.479. The van der Waals surface area contributed by atoms with Crippen molar-refractivity contribution in [2.75, 3.05) is 0 Å². The molecular formula is C15H19N3S. The van der Waals surface area contributed by atoms with Crippen LogP contribution in [0.5, 0.6) is 0 Å². The Morgan fingerprint density at radius 3 is 2.89 bits per heavy atom. The normalized spacial score (nSPS) is 14.1. The van der Waals surface area contributed by atoms with E-state index in [0.717, 1.165) is 16.6 Å². The zero-order valence-corrected chi connectivity index (χ0v) is 12.3. The number of benzene rings is 1. The first-order valence-electron chi connectivity index (χ1n) is 6.90. The second kappa shape index (κ2) is 5.39. The van der Waals surface area contributed by atoms with Crippen LogP contribution in [-0.4, -0.2) is 16.2 Å². The molecular weight excluding hydrogens is 254 g/mol. The highest BCUT2D eigenvalue weighted by atomic mass is 32.1. The van der Waals surface area contributed by atoms with Gasteiger partial charge in [0.2, 0.25) is 0 Å². The summed E-state index contributed by atoms with van der Waals surface area (Å²) < 4.78 is 0. The lowest BCUT2D eigenvalue weighted by molar-refractivity contribution is 0.585. The number of rotatable bonds is 4. The second-order valence-corrected chi connectivity index (χ2v) is 6.44. The number of aromatic nitrogens is 2.